The summed E-state index contributed by atoms with van der Waals surface area (Å²) >= 11 is 0. The van der Waals surface area contributed by atoms with Crippen LogP contribution in [0.5, 0.6) is 0 Å². The van der Waals surface area contributed by atoms with Gasteiger partial charge in [-0.15, -0.1) is 0 Å². The SMILES string of the molecule is c1ccc(CN[C]2CCCC2)cc1. The molecule has 0 aliphatic heterocycles. The summed E-state index contributed by atoms with van der Waals surface area (Å²) in [6, 6.07) is 12.1. The fraction of sp³-hybridized carbons (Fsp3) is 0.417. The lowest BCUT2D eigenvalue weighted by Gasteiger charge is -2.10. The topological polar surface area (TPSA) is 12.0 Å². The van der Waals surface area contributed by atoms with Gasteiger partial charge in [0.15, 0.2) is 0 Å². The number of hydrogen-bond acceptors (Lipinski definition) is 1. The Kier molecular flexibility index (Phi) is 2.98. The third-order valence-corrected chi connectivity index (χ3v) is 2.59. The van der Waals surface area contributed by atoms with Gasteiger partial charge in [-0.25, -0.2) is 0 Å². The monoisotopic (exact) mass is 174 g/mol. The molecule has 1 nitrogen and oxygen atoms in total. The first-order valence-electron chi connectivity index (χ1n) is 5.07. The summed E-state index contributed by atoms with van der Waals surface area (Å²) < 4.78 is 0. The van der Waals surface area contributed by atoms with Crippen molar-refractivity contribution in [3.63, 3.8) is 0 Å². The van der Waals surface area contributed by atoms with Crippen molar-refractivity contribution in [3.05, 3.63) is 41.9 Å². The van der Waals surface area contributed by atoms with Crippen molar-refractivity contribution in [1.82, 2.24) is 5.32 Å². The quantitative estimate of drug-likeness (QED) is 0.743. The molecule has 0 saturated heterocycles. The van der Waals surface area contributed by atoms with Crippen molar-refractivity contribution in [2.24, 2.45) is 0 Å². The second-order valence-electron chi connectivity index (χ2n) is 3.65. The lowest BCUT2D eigenvalue weighted by Crippen LogP contribution is -2.17. The van der Waals surface area contributed by atoms with Crippen molar-refractivity contribution in [2.45, 2.75) is 32.2 Å². The zero-order chi connectivity index (χ0) is 8.93. The van der Waals surface area contributed by atoms with Gasteiger partial charge >= 0.3 is 0 Å². The highest BCUT2D eigenvalue weighted by molar-refractivity contribution is 5.15. The number of rotatable bonds is 3. The summed E-state index contributed by atoms with van der Waals surface area (Å²) in [5.74, 6) is 0. The Balaban J connectivity index is 1.79. The van der Waals surface area contributed by atoms with Crippen molar-refractivity contribution >= 4 is 0 Å². The Morgan fingerprint density at radius 1 is 1.00 bits per heavy atom. The molecule has 1 aliphatic rings. The lowest BCUT2D eigenvalue weighted by molar-refractivity contribution is 0.657. The Morgan fingerprint density at radius 2 is 1.69 bits per heavy atom. The van der Waals surface area contributed by atoms with Crippen LogP contribution in [0.15, 0.2) is 30.3 Å². The lowest BCUT2D eigenvalue weighted by atomic mass is 10.2. The molecule has 1 heteroatoms. The van der Waals surface area contributed by atoms with Gasteiger partial charge in [-0.2, -0.15) is 0 Å². The molecule has 0 amide bonds. The predicted molar refractivity (Wildman–Crippen MR) is 55.0 cm³/mol. The minimum Gasteiger partial charge on any atom is -0.305 e. The Labute approximate surface area is 80.2 Å². The molecule has 1 fully saturated rings. The van der Waals surface area contributed by atoms with Crippen LogP contribution in [0.1, 0.15) is 31.2 Å². The van der Waals surface area contributed by atoms with E-state index >= 15 is 0 Å². The fourth-order valence-corrected chi connectivity index (χ4v) is 1.80. The van der Waals surface area contributed by atoms with E-state index in [1.807, 2.05) is 0 Å². The molecule has 1 saturated carbocycles. The minimum atomic E-state index is 0.996. The minimum absolute atomic E-state index is 0.996. The molecule has 1 aromatic rings. The van der Waals surface area contributed by atoms with Gasteiger partial charge in [0.1, 0.15) is 0 Å². The Hall–Kier alpha value is -0.820. The third kappa shape index (κ3) is 2.56. The van der Waals surface area contributed by atoms with Crippen LogP contribution in [0.25, 0.3) is 0 Å². The smallest absolute Gasteiger partial charge is 0.0366 e. The van der Waals surface area contributed by atoms with Crippen LogP contribution >= 0.6 is 0 Å². The van der Waals surface area contributed by atoms with Gasteiger partial charge < -0.3 is 5.32 Å². The van der Waals surface area contributed by atoms with E-state index in [0.717, 1.165) is 6.54 Å². The molecule has 0 heterocycles. The molecule has 0 bridgehead atoms. The van der Waals surface area contributed by atoms with Crippen LogP contribution < -0.4 is 5.32 Å². The molecular formula is C12H16N. The van der Waals surface area contributed by atoms with E-state index in [1.165, 1.54) is 31.2 Å². The van der Waals surface area contributed by atoms with Crippen LogP contribution in [0.2, 0.25) is 0 Å². The molecule has 0 atom stereocenters. The molecule has 1 radical (unpaired) electrons. The molecule has 69 valence electrons. The van der Waals surface area contributed by atoms with Crippen molar-refractivity contribution in [2.75, 3.05) is 0 Å². The molecular weight excluding hydrogens is 158 g/mol. The average molecular weight is 174 g/mol. The third-order valence-electron chi connectivity index (χ3n) is 2.59. The van der Waals surface area contributed by atoms with Crippen LogP contribution in [-0.2, 0) is 6.54 Å². The van der Waals surface area contributed by atoms with Crippen LogP contribution in [0, 0.1) is 6.04 Å². The molecule has 1 aliphatic carbocycles. The largest absolute Gasteiger partial charge is 0.305 e. The van der Waals surface area contributed by atoms with Crippen molar-refractivity contribution in [1.29, 1.82) is 0 Å². The van der Waals surface area contributed by atoms with E-state index in [2.05, 4.69) is 35.6 Å². The Morgan fingerprint density at radius 3 is 2.38 bits per heavy atom. The summed E-state index contributed by atoms with van der Waals surface area (Å²) in [5.41, 5.74) is 1.38. The van der Waals surface area contributed by atoms with Gasteiger partial charge in [0.25, 0.3) is 0 Å². The van der Waals surface area contributed by atoms with E-state index < -0.39 is 0 Å². The molecule has 0 unspecified atom stereocenters. The first-order chi connectivity index (χ1) is 6.45. The second-order valence-corrected chi connectivity index (χ2v) is 3.65. The van der Waals surface area contributed by atoms with E-state index in [1.54, 1.807) is 6.04 Å². The van der Waals surface area contributed by atoms with Gasteiger partial charge in [-0.05, 0) is 18.4 Å². The van der Waals surface area contributed by atoms with E-state index in [0.29, 0.717) is 0 Å². The van der Waals surface area contributed by atoms with Gasteiger partial charge in [0, 0.05) is 12.6 Å². The zero-order valence-corrected chi connectivity index (χ0v) is 7.92. The van der Waals surface area contributed by atoms with Crippen molar-refractivity contribution in [3.8, 4) is 0 Å². The summed E-state index contributed by atoms with van der Waals surface area (Å²) in [6.07, 6.45) is 5.31. The van der Waals surface area contributed by atoms with Crippen LogP contribution in [-0.4, -0.2) is 0 Å². The molecule has 13 heavy (non-hydrogen) atoms. The van der Waals surface area contributed by atoms with E-state index in [-0.39, 0.29) is 0 Å². The van der Waals surface area contributed by atoms with Crippen LogP contribution in [0.3, 0.4) is 0 Å². The average Bonchev–Trinajstić information content (AvgIpc) is 2.69. The number of hydrogen-bond donors (Lipinski definition) is 1. The van der Waals surface area contributed by atoms with Gasteiger partial charge in [-0.3, -0.25) is 0 Å². The molecule has 0 aromatic heterocycles. The molecule has 1 aromatic carbocycles. The zero-order valence-electron chi connectivity index (χ0n) is 7.92. The highest BCUT2D eigenvalue weighted by Gasteiger charge is 2.14. The molecule has 1 N–H and O–H groups in total. The molecule has 0 spiro atoms. The highest BCUT2D eigenvalue weighted by Crippen LogP contribution is 2.24. The maximum Gasteiger partial charge on any atom is 0.0366 e. The highest BCUT2D eigenvalue weighted by atomic mass is 14.9. The summed E-state index contributed by atoms with van der Waals surface area (Å²) in [5, 5.41) is 3.51. The first kappa shape index (κ1) is 8.76. The second kappa shape index (κ2) is 4.43. The maximum absolute atomic E-state index is 3.51. The van der Waals surface area contributed by atoms with E-state index in [4.69, 9.17) is 0 Å². The summed E-state index contributed by atoms with van der Waals surface area (Å²) in [4.78, 5) is 0. The number of nitrogens with one attached hydrogen (secondary N) is 1. The van der Waals surface area contributed by atoms with Crippen molar-refractivity contribution < 1.29 is 0 Å². The summed E-state index contributed by atoms with van der Waals surface area (Å²) in [6.45, 7) is 0.996. The normalized spacial score (nSPS) is 17.8. The van der Waals surface area contributed by atoms with Gasteiger partial charge in [0.2, 0.25) is 0 Å². The number of benzene rings is 1. The predicted octanol–water partition coefficient (Wildman–Crippen LogP) is 2.88. The first-order valence-corrected chi connectivity index (χ1v) is 5.07. The fourth-order valence-electron chi connectivity index (χ4n) is 1.80. The molecule has 2 rings (SSSR count). The maximum atomic E-state index is 3.51. The Bertz CT molecular complexity index is 237. The van der Waals surface area contributed by atoms with Gasteiger partial charge in [0.05, 0.1) is 0 Å². The van der Waals surface area contributed by atoms with E-state index in [9.17, 15) is 0 Å². The standard InChI is InChI=1S/C12H16N/c1-2-6-11(7-3-1)10-13-12-8-4-5-9-12/h1-3,6-7,13H,4-5,8-10H2. The van der Waals surface area contributed by atoms with Crippen LogP contribution in [0.4, 0.5) is 0 Å². The summed E-state index contributed by atoms with van der Waals surface area (Å²) in [7, 11) is 0. The van der Waals surface area contributed by atoms with Gasteiger partial charge in [-0.1, -0.05) is 43.2 Å².